The number of carbonyl (C=O) groups excluding carboxylic acids is 1. The minimum Gasteiger partial charge on any atom is -0.504 e. The smallest absolute Gasteiger partial charge is 0.331 e. The van der Waals surface area contributed by atoms with Gasteiger partial charge in [-0.1, -0.05) is 18.2 Å². The summed E-state index contributed by atoms with van der Waals surface area (Å²) in [6, 6.07) is 9.76. The van der Waals surface area contributed by atoms with Crippen molar-refractivity contribution < 1.29 is 29.2 Å². The van der Waals surface area contributed by atoms with Crippen molar-refractivity contribution in [2.75, 3.05) is 20.8 Å². The van der Waals surface area contributed by atoms with E-state index >= 15 is 0 Å². The van der Waals surface area contributed by atoms with Gasteiger partial charge in [-0.2, -0.15) is 0 Å². The van der Waals surface area contributed by atoms with Crippen LogP contribution < -0.4 is 9.47 Å². The van der Waals surface area contributed by atoms with Gasteiger partial charge in [0, 0.05) is 6.08 Å². The molecule has 6 nitrogen and oxygen atoms in total. The van der Waals surface area contributed by atoms with Crippen LogP contribution in [0.25, 0.3) is 12.2 Å². The highest BCUT2D eigenvalue weighted by molar-refractivity contribution is 5.87. The van der Waals surface area contributed by atoms with E-state index in [-0.39, 0.29) is 18.1 Å². The van der Waals surface area contributed by atoms with Crippen molar-refractivity contribution in [3.05, 3.63) is 59.7 Å². The monoisotopic (exact) mass is 356 g/mol. The Balaban J connectivity index is 1.85. The lowest BCUT2D eigenvalue weighted by Gasteiger charge is -2.03. The number of benzene rings is 2. The maximum absolute atomic E-state index is 11.7. The molecule has 0 aliphatic rings. The van der Waals surface area contributed by atoms with Crippen molar-refractivity contribution in [1.29, 1.82) is 0 Å². The largest absolute Gasteiger partial charge is 0.504 e. The number of phenolic OH excluding ortho intramolecular Hbond substituents is 2. The van der Waals surface area contributed by atoms with E-state index in [0.29, 0.717) is 17.1 Å². The Morgan fingerprint density at radius 3 is 1.96 bits per heavy atom. The summed E-state index contributed by atoms with van der Waals surface area (Å²) in [6.45, 7) is 0.0871. The molecule has 2 aromatic carbocycles. The van der Waals surface area contributed by atoms with E-state index in [2.05, 4.69) is 0 Å². The highest BCUT2D eigenvalue weighted by Gasteiger charge is 2.02. The lowest BCUT2D eigenvalue weighted by Crippen LogP contribution is -1.99. The molecule has 0 atom stereocenters. The van der Waals surface area contributed by atoms with Crippen LogP contribution in [-0.2, 0) is 9.53 Å². The van der Waals surface area contributed by atoms with Crippen molar-refractivity contribution in [2.45, 2.75) is 0 Å². The number of phenols is 2. The average molecular weight is 356 g/mol. The summed E-state index contributed by atoms with van der Waals surface area (Å²) in [5.74, 6) is 0.274. The van der Waals surface area contributed by atoms with Gasteiger partial charge in [0.1, 0.15) is 6.61 Å². The number of ether oxygens (including phenoxy) is 3. The molecule has 0 aromatic heterocycles. The molecule has 0 unspecified atom stereocenters. The zero-order chi connectivity index (χ0) is 18.9. The highest BCUT2D eigenvalue weighted by Crippen LogP contribution is 2.27. The van der Waals surface area contributed by atoms with Crippen molar-refractivity contribution in [2.24, 2.45) is 0 Å². The van der Waals surface area contributed by atoms with E-state index in [9.17, 15) is 15.0 Å². The molecule has 0 spiro atoms. The molecular formula is C20H20O6. The maximum atomic E-state index is 11.7. The van der Waals surface area contributed by atoms with E-state index in [1.165, 1.54) is 32.4 Å². The number of hydrogen-bond acceptors (Lipinski definition) is 6. The van der Waals surface area contributed by atoms with Gasteiger partial charge in [-0.05, 0) is 47.5 Å². The quantitative estimate of drug-likeness (QED) is 0.584. The van der Waals surface area contributed by atoms with Crippen molar-refractivity contribution >= 4 is 18.1 Å². The lowest BCUT2D eigenvalue weighted by molar-refractivity contribution is -0.136. The van der Waals surface area contributed by atoms with Gasteiger partial charge >= 0.3 is 5.97 Å². The molecule has 0 amide bonds. The summed E-state index contributed by atoms with van der Waals surface area (Å²) in [4.78, 5) is 11.7. The van der Waals surface area contributed by atoms with Gasteiger partial charge in [0.2, 0.25) is 0 Å². The van der Waals surface area contributed by atoms with Gasteiger partial charge in [-0.3, -0.25) is 0 Å². The Hall–Kier alpha value is -3.41. The Bertz CT molecular complexity index is 823. The van der Waals surface area contributed by atoms with E-state index in [4.69, 9.17) is 14.2 Å². The molecule has 0 bridgehead atoms. The van der Waals surface area contributed by atoms with Gasteiger partial charge in [-0.25, -0.2) is 4.79 Å². The van der Waals surface area contributed by atoms with Crippen molar-refractivity contribution in [3.63, 3.8) is 0 Å². The number of methoxy groups -OCH3 is 2. The van der Waals surface area contributed by atoms with Gasteiger partial charge < -0.3 is 24.4 Å². The Kier molecular flexibility index (Phi) is 6.68. The van der Waals surface area contributed by atoms with Crippen molar-refractivity contribution in [3.8, 4) is 23.0 Å². The number of carbonyl (C=O) groups is 1. The molecule has 0 aliphatic carbocycles. The van der Waals surface area contributed by atoms with Crippen LogP contribution in [0.3, 0.4) is 0 Å². The van der Waals surface area contributed by atoms with Crippen LogP contribution in [0, 0.1) is 0 Å². The summed E-state index contributed by atoms with van der Waals surface area (Å²) in [7, 11) is 2.94. The minimum atomic E-state index is -0.512. The summed E-state index contributed by atoms with van der Waals surface area (Å²) in [6.07, 6.45) is 6.19. The summed E-state index contributed by atoms with van der Waals surface area (Å²) in [5.41, 5.74) is 1.40. The maximum Gasteiger partial charge on any atom is 0.331 e. The van der Waals surface area contributed by atoms with Crippen LogP contribution in [0.4, 0.5) is 0 Å². The molecule has 0 fully saturated rings. The highest BCUT2D eigenvalue weighted by atomic mass is 16.5. The number of aromatic hydroxyl groups is 2. The number of esters is 1. The number of rotatable bonds is 7. The molecule has 0 aliphatic heterocycles. The first-order chi connectivity index (χ1) is 12.5. The molecule has 136 valence electrons. The Morgan fingerprint density at radius 1 is 0.923 bits per heavy atom. The summed E-state index contributed by atoms with van der Waals surface area (Å²) >= 11 is 0. The first-order valence-corrected chi connectivity index (χ1v) is 7.79. The fourth-order valence-corrected chi connectivity index (χ4v) is 2.15. The fourth-order valence-electron chi connectivity index (χ4n) is 2.15. The van der Waals surface area contributed by atoms with Crippen LogP contribution in [-0.4, -0.2) is 37.0 Å². The average Bonchev–Trinajstić information content (AvgIpc) is 2.64. The minimum absolute atomic E-state index is 0.00584. The summed E-state index contributed by atoms with van der Waals surface area (Å²) < 4.78 is 15.0. The summed E-state index contributed by atoms with van der Waals surface area (Å²) in [5, 5.41) is 19.4. The van der Waals surface area contributed by atoms with Gasteiger partial charge in [0.05, 0.1) is 14.2 Å². The van der Waals surface area contributed by atoms with Crippen LogP contribution >= 0.6 is 0 Å². The molecular weight excluding hydrogens is 336 g/mol. The zero-order valence-electron chi connectivity index (χ0n) is 14.5. The Labute approximate surface area is 151 Å². The van der Waals surface area contributed by atoms with E-state index in [0.717, 1.165) is 5.56 Å². The van der Waals surface area contributed by atoms with Crippen molar-refractivity contribution in [1.82, 2.24) is 0 Å². The molecule has 2 rings (SSSR count). The molecule has 6 heteroatoms. The van der Waals surface area contributed by atoms with Gasteiger partial charge in [0.15, 0.2) is 23.0 Å². The third kappa shape index (κ3) is 5.31. The molecule has 26 heavy (non-hydrogen) atoms. The predicted octanol–water partition coefficient (Wildman–Crippen LogP) is 3.38. The van der Waals surface area contributed by atoms with E-state index < -0.39 is 5.97 Å². The molecule has 0 saturated heterocycles. The van der Waals surface area contributed by atoms with E-state index in [1.54, 1.807) is 42.5 Å². The second-order valence-electron chi connectivity index (χ2n) is 5.23. The van der Waals surface area contributed by atoms with Crippen LogP contribution in [0.1, 0.15) is 11.1 Å². The van der Waals surface area contributed by atoms with E-state index in [1.807, 2.05) is 0 Å². The molecule has 0 saturated carbocycles. The molecule has 2 aromatic rings. The molecule has 0 heterocycles. The van der Waals surface area contributed by atoms with Crippen LogP contribution in [0.2, 0.25) is 0 Å². The standard InChI is InChI=1S/C20H20O6/c1-24-18-8-5-14(12-16(18)21)4-3-11-26-20(23)10-7-15-6-9-19(25-2)17(22)13-15/h3-10,12-13,21-22H,11H2,1-2H3. The Morgan fingerprint density at radius 2 is 1.46 bits per heavy atom. The molecule has 0 radical (unpaired) electrons. The van der Waals surface area contributed by atoms with Crippen LogP contribution in [0.5, 0.6) is 23.0 Å². The fraction of sp³-hybridized carbons (Fsp3) is 0.150. The van der Waals surface area contributed by atoms with Gasteiger partial charge in [-0.15, -0.1) is 0 Å². The predicted molar refractivity (Wildman–Crippen MR) is 98.3 cm³/mol. The second kappa shape index (κ2) is 9.17. The third-order valence-electron chi connectivity index (χ3n) is 3.45. The first kappa shape index (κ1) is 18.9. The zero-order valence-corrected chi connectivity index (χ0v) is 14.5. The lowest BCUT2D eigenvalue weighted by atomic mass is 10.2. The second-order valence-corrected chi connectivity index (χ2v) is 5.23. The third-order valence-corrected chi connectivity index (χ3v) is 3.45. The number of hydrogen-bond donors (Lipinski definition) is 2. The van der Waals surface area contributed by atoms with Crippen LogP contribution in [0.15, 0.2) is 48.6 Å². The topological polar surface area (TPSA) is 85.2 Å². The first-order valence-electron chi connectivity index (χ1n) is 7.79. The van der Waals surface area contributed by atoms with Gasteiger partial charge in [0.25, 0.3) is 0 Å². The normalized spacial score (nSPS) is 11.0. The molecule has 2 N–H and O–H groups in total. The SMILES string of the molecule is COc1ccc(C=CCOC(=O)C=Cc2ccc(OC)c(O)c2)cc1O.